The van der Waals surface area contributed by atoms with Crippen molar-refractivity contribution in [2.45, 2.75) is 18.0 Å². The molecule has 1 amide bonds. The Bertz CT molecular complexity index is 660. The second-order valence-electron chi connectivity index (χ2n) is 4.24. The summed E-state index contributed by atoms with van der Waals surface area (Å²) in [4.78, 5) is 20.7. The fraction of sp³-hybridized carbons (Fsp3) is 0.364. The van der Waals surface area contributed by atoms with Gasteiger partial charge >= 0.3 is 23.9 Å². The van der Waals surface area contributed by atoms with Crippen LogP contribution < -0.4 is 10.1 Å². The first-order valence-corrected chi connectivity index (χ1v) is 5.72. The predicted molar refractivity (Wildman–Crippen MR) is 64.2 cm³/mol. The number of carbonyl (C=O) groups is 1. The normalized spacial score (nSPS) is 12.7. The highest BCUT2D eigenvalue weighted by molar-refractivity contribution is 5.98. The molecule has 0 bridgehead atoms. The molecule has 1 rings (SSSR count). The average molecular weight is 364 g/mol. The molecule has 0 atom stereocenters. The number of alkyl halides is 7. The lowest BCUT2D eigenvalue weighted by molar-refractivity contribution is -0.384. The Labute approximate surface area is 128 Å². The summed E-state index contributed by atoms with van der Waals surface area (Å²) < 4.78 is 92.5. The molecule has 0 aliphatic carbocycles. The van der Waals surface area contributed by atoms with Crippen LogP contribution in [-0.2, 0) is 4.79 Å². The summed E-state index contributed by atoms with van der Waals surface area (Å²) in [6.07, 6.45) is -6.71. The standard InChI is InChI=1S/C11H7F7N2O4/c1-24-5-2-3-6(7(4-5)20(22)23)19-8(21)9(12,13)10(14,15)11(16,17)18/h2-4H,1H3,(H,19,21). The predicted octanol–water partition coefficient (Wildman–Crippen LogP) is 3.37. The van der Waals surface area contributed by atoms with E-state index in [0.717, 1.165) is 18.5 Å². The van der Waals surface area contributed by atoms with Gasteiger partial charge in [0.25, 0.3) is 5.69 Å². The topological polar surface area (TPSA) is 81.5 Å². The molecule has 134 valence electrons. The minimum absolute atomic E-state index is 0.146. The number of benzene rings is 1. The van der Waals surface area contributed by atoms with E-state index in [-0.39, 0.29) is 5.75 Å². The summed E-state index contributed by atoms with van der Waals surface area (Å²) in [5.74, 6) is -16.1. The van der Waals surface area contributed by atoms with Gasteiger partial charge in [0.05, 0.1) is 18.1 Å². The van der Waals surface area contributed by atoms with E-state index in [1.54, 1.807) is 0 Å². The van der Waals surface area contributed by atoms with E-state index in [1.165, 1.54) is 0 Å². The Morgan fingerprint density at radius 3 is 2.12 bits per heavy atom. The SMILES string of the molecule is COc1ccc(NC(=O)C(F)(F)C(F)(F)C(F)(F)F)c([N+](=O)[O-])c1. The lowest BCUT2D eigenvalue weighted by Crippen LogP contribution is -2.57. The molecule has 6 nitrogen and oxygen atoms in total. The van der Waals surface area contributed by atoms with Crippen LogP contribution in [0.4, 0.5) is 42.1 Å². The van der Waals surface area contributed by atoms with Crippen LogP contribution in [0.1, 0.15) is 0 Å². The molecular weight excluding hydrogens is 357 g/mol. The monoisotopic (exact) mass is 364 g/mol. The number of amides is 1. The zero-order valence-corrected chi connectivity index (χ0v) is 11.5. The van der Waals surface area contributed by atoms with E-state index in [2.05, 4.69) is 4.74 Å². The molecule has 0 saturated carbocycles. The molecule has 0 aliphatic heterocycles. The molecule has 1 aromatic carbocycles. The Balaban J connectivity index is 3.22. The number of hydrogen-bond acceptors (Lipinski definition) is 4. The zero-order chi connectivity index (χ0) is 18.9. The van der Waals surface area contributed by atoms with Crippen molar-refractivity contribution in [3.63, 3.8) is 0 Å². The molecule has 0 fully saturated rings. The van der Waals surface area contributed by atoms with Crippen molar-refractivity contribution in [1.82, 2.24) is 0 Å². The number of nitro benzene ring substituents is 1. The Morgan fingerprint density at radius 2 is 1.71 bits per heavy atom. The van der Waals surface area contributed by atoms with Crippen LogP contribution in [0.25, 0.3) is 0 Å². The first-order valence-electron chi connectivity index (χ1n) is 5.72. The largest absolute Gasteiger partial charge is 0.496 e. The van der Waals surface area contributed by atoms with E-state index >= 15 is 0 Å². The third-order valence-electron chi connectivity index (χ3n) is 2.69. The Morgan fingerprint density at radius 1 is 1.17 bits per heavy atom. The van der Waals surface area contributed by atoms with Crippen molar-refractivity contribution < 1.29 is 45.2 Å². The van der Waals surface area contributed by atoms with Crippen LogP contribution in [0.15, 0.2) is 18.2 Å². The summed E-state index contributed by atoms with van der Waals surface area (Å²) in [7, 11) is 1.09. The van der Waals surface area contributed by atoms with Gasteiger partial charge in [0, 0.05) is 0 Å². The highest BCUT2D eigenvalue weighted by Crippen LogP contribution is 2.47. The van der Waals surface area contributed by atoms with Gasteiger partial charge in [-0.15, -0.1) is 0 Å². The number of hydrogen-bond donors (Lipinski definition) is 1. The van der Waals surface area contributed by atoms with E-state index < -0.39 is 40.2 Å². The molecule has 0 aromatic heterocycles. The summed E-state index contributed by atoms with van der Waals surface area (Å²) in [6, 6.07) is 2.22. The molecule has 0 spiro atoms. The van der Waals surface area contributed by atoms with Gasteiger partial charge in [0.2, 0.25) is 0 Å². The highest BCUT2D eigenvalue weighted by Gasteiger charge is 2.76. The molecule has 0 radical (unpaired) electrons. The molecule has 0 unspecified atom stereocenters. The lowest BCUT2D eigenvalue weighted by Gasteiger charge is -2.26. The number of carbonyl (C=O) groups excluding carboxylic acids is 1. The number of rotatable bonds is 5. The van der Waals surface area contributed by atoms with Crippen LogP contribution >= 0.6 is 0 Å². The van der Waals surface area contributed by atoms with Gasteiger partial charge in [-0.05, 0) is 12.1 Å². The van der Waals surface area contributed by atoms with E-state index in [1.807, 2.05) is 0 Å². The van der Waals surface area contributed by atoms with Gasteiger partial charge in [-0.1, -0.05) is 0 Å². The summed E-state index contributed by atoms with van der Waals surface area (Å²) in [6.45, 7) is 0. The second kappa shape index (κ2) is 6.13. The quantitative estimate of drug-likeness (QED) is 0.493. The van der Waals surface area contributed by atoms with Gasteiger partial charge in [0.15, 0.2) is 0 Å². The number of nitrogens with one attached hydrogen (secondary N) is 1. The van der Waals surface area contributed by atoms with E-state index in [9.17, 15) is 45.6 Å². The summed E-state index contributed by atoms with van der Waals surface area (Å²) in [5, 5.41) is 11.8. The van der Waals surface area contributed by atoms with Crippen molar-refractivity contribution in [2.75, 3.05) is 12.4 Å². The highest BCUT2D eigenvalue weighted by atomic mass is 19.4. The van der Waals surface area contributed by atoms with Crippen molar-refractivity contribution >= 4 is 17.3 Å². The maximum absolute atomic E-state index is 13.2. The van der Waals surface area contributed by atoms with Crippen LogP contribution in [0.2, 0.25) is 0 Å². The van der Waals surface area contributed by atoms with Crippen molar-refractivity contribution in [3.05, 3.63) is 28.3 Å². The fourth-order valence-electron chi connectivity index (χ4n) is 1.42. The average Bonchev–Trinajstić information content (AvgIpc) is 2.45. The van der Waals surface area contributed by atoms with Gasteiger partial charge < -0.3 is 10.1 Å². The van der Waals surface area contributed by atoms with Gasteiger partial charge in [0.1, 0.15) is 11.4 Å². The minimum Gasteiger partial charge on any atom is -0.496 e. The first kappa shape index (κ1) is 19.4. The smallest absolute Gasteiger partial charge is 0.460 e. The third kappa shape index (κ3) is 3.33. The number of nitro groups is 1. The molecule has 0 heterocycles. The zero-order valence-electron chi connectivity index (χ0n) is 11.5. The van der Waals surface area contributed by atoms with Crippen LogP contribution in [-0.4, -0.2) is 36.0 Å². The van der Waals surface area contributed by atoms with Crippen molar-refractivity contribution in [3.8, 4) is 5.75 Å². The van der Waals surface area contributed by atoms with Crippen LogP contribution in [0.3, 0.4) is 0 Å². The van der Waals surface area contributed by atoms with E-state index in [4.69, 9.17) is 0 Å². The molecule has 24 heavy (non-hydrogen) atoms. The minimum atomic E-state index is -6.71. The first-order chi connectivity index (χ1) is 10.8. The molecule has 1 N–H and O–H groups in total. The molecule has 1 aromatic rings. The summed E-state index contributed by atoms with van der Waals surface area (Å²) >= 11 is 0. The third-order valence-corrected chi connectivity index (χ3v) is 2.69. The number of anilines is 1. The number of ether oxygens (including phenoxy) is 1. The van der Waals surface area contributed by atoms with Crippen molar-refractivity contribution in [2.24, 2.45) is 0 Å². The molecule has 13 heteroatoms. The van der Waals surface area contributed by atoms with Crippen molar-refractivity contribution in [1.29, 1.82) is 0 Å². The van der Waals surface area contributed by atoms with Gasteiger partial charge in [-0.3, -0.25) is 14.9 Å². The van der Waals surface area contributed by atoms with Gasteiger partial charge in [-0.25, -0.2) is 0 Å². The maximum Gasteiger partial charge on any atom is 0.460 e. The molecule has 0 saturated heterocycles. The van der Waals surface area contributed by atoms with Gasteiger partial charge in [-0.2, -0.15) is 30.7 Å². The number of nitrogens with zero attached hydrogens (tertiary/aromatic N) is 1. The Kier molecular flexibility index (Phi) is 4.96. The van der Waals surface area contributed by atoms with Crippen LogP contribution in [0.5, 0.6) is 5.75 Å². The fourth-order valence-corrected chi connectivity index (χ4v) is 1.42. The lowest BCUT2D eigenvalue weighted by atomic mass is 10.1. The van der Waals surface area contributed by atoms with Crippen LogP contribution in [0, 0.1) is 10.1 Å². The molecule has 0 aliphatic rings. The number of halogens is 7. The molecular formula is C11H7F7N2O4. The summed E-state index contributed by atoms with van der Waals surface area (Å²) in [5.41, 5.74) is -2.06. The second-order valence-corrected chi connectivity index (χ2v) is 4.24. The maximum atomic E-state index is 13.2. The number of methoxy groups -OCH3 is 1. The Hall–Kier alpha value is -2.60. The van der Waals surface area contributed by atoms with E-state index in [0.29, 0.717) is 12.1 Å².